The van der Waals surface area contributed by atoms with Crippen molar-refractivity contribution in [2.45, 2.75) is 13.0 Å². The molecule has 0 radical (unpaired) electrons. The Kier molecular flexibility index (Phi) is 4.26. The molecule has 1 heterocycles. The summed E-state index contributed by atoms with van der Waals surface area (Å²) < 4.78 is 0. The maximum atomic E-state index is 11.8. The van der Waals surface area contributed by atoms with Gasteiger partial charge in [0.05, 0.1) is 0 Å². The topological polar surface area (TPSA) is 60.9 Å². The van der Waals surface area contributed by atoms with E-state index in [1.165, 1.54) is 9.80 Å². The average Bonchev–Trinajstić information content (AvgIpc) is 2.27. The predicted molar refractivity (Wildman–Crippen MR) is 59.2 cm³/mol. The fourth-order valence-corrected chi connectivity index (χ4v) is 2.43. The van der Waals surface area contributed by atoms with Gasteiger partial charge in [-0.25, -0.2) is 9.59 Å². The third-order valence-corrected chi connectivity index (χ3v) is 3.48. The number of carbonyl (C=O) groups is 2. The SMILES string of the molecule is CCN(C)C(=O)N1CCSCC1C(=O)O. The van der Waals surface area contributed by atoms with Gasteiger partial charge in [0.25, 0.3) is 0 Å². The zero-order valence-electron chi connectivity index (χ0n) is 8.97. The summed E-state index contributed by atoms with van der Waals surface area (Å²) in [7, 11) is 1.68. The minimum Gasteiger partial charge on any atom is -0.480 e. The van der Waals surface area contributed by atoms with Gasteiger partial charge in [-0.1, -0.05) is 0 Å². The molecular weight excluding hydrogens is 216 g/mol. The quantitative estimate of drug-likeness (QED) is 0.755. The summed E-state index contributed by atoms with van der Waals surface area (Å²) in [6.45, 7) is 2.98. The van der Waals surface area contributed by atoms with Crippen LogP contribution in [0.4, 0.5) is 4.79 Å². The van der Waals surface area contributed by atoms with Crippen LogP contribution in [-0.2, 0) is 4.79 Å². The molecular formula is C9H16N2O3S. The van der Waals surface area contributed by atoms with Gasteiger partial charge in [0, 0.05) is 31.6 Å². The smallest absolute Gasteiger partial charge is 0.327 e. The van der Waals surface area contributed by atoms with Gasteiger partial charge < -0.3 is 14.9 Å². The second-order valence-corrected chi connectivity index (χ2v) is 4.57. The molecule has 0 spiro atoms. The summed E-state index contributed by atoms with van der Waals surface area (Å²) in [6, 6.07) is -0.865. The van der Waals surface area contributed by atoms with Gasteiger partial charge in [0.15, 0.2) is 0 Å². The Morgan fingerprint density at radius 2 is 2.27 bits per heavy atom. The number of nitrogens with zero attached hydrogens (tertiary/aromatic N) is 2. The molecule has 1 aliphatic rings. The number of carboxylic acid groups (broad SMARTS) is 1. The molecule has 1 saturated heterocycles. The van der Waals surface area contributed by atoms with E-state index in [1.54, 1.807) is 18.8 Å². The number of rotatable bonds is 2. The van der Waals surface area contributed by atoms with E-state index in [1.807, 2.05) is 6.92 Å². The maximum Gasteiger partial charge on any atom is 0.327 e. The Balaban J connectivity index is 2.71. The van der Waals surface area contributed by atoms with Gasteiger partial charge in [0.1, 0.15) is 6.04 Å². The number of carbonyl (C=O) groups excluding carboxylic acids is 1. The summed E-state index contributed by atoms with van der Waals surface area (Å²) in [6.07, 6.45) is 0. The van der Waals surface area contributed by atoms with E-state index < -0.39 is 12.0 Å². The van der Waals surface area contributed by atoms with Crippen LogP contribution in [-0.4, -0.2) is 64.6 Å². The second kappa shape index (κ2) is 5.25. The van der Waals surface area contributed by atoms with Crippen molar-refractivity contribution in [1.82, 2.24) is 9.80 Å². The molecule has 1 rings (SSSR count). The van der Waals surface area contributed by atoms with Gasteiger partial charge in [0.2, 0.25) is 0 Å². The van der Waals surface area contributed by atoms with Crippen LogP contribution in [0.25, 0.3) is 0 Å². The number of amides is 2. The molecule has 0 aromatic rings. The highest BCUT2D eigenvalue weighted by molar-refractivity contribution is 7.99. The summed E-state index contributed by atoms with van der Waals surface area (Å²) in [5.41, 5.74) is 0. The lowest BCUT2D eigenvalue weighted by molar-refractivity contribution is -0.141. The molecule has 15 heavy (non-hydrogen) atoms. The van der Waals surface area contributed by atoms with E-state index in [2.05, 4.69) is 0 Å². The van der Waals surface area contributed by atoms with Crippen molar-refractivity contribution in [2.75, 3.05) is 31.6 Å². The Hall–Kier alpha value is -0.910. The van der Waals surface area contributed by atoms with Crippen LogP contribution in [0.1, 0.15) is 6.92 Å². The van der Waals surface area contributed by atoms with Crippen LogP contribution in [0.3, 0.4) is 0 Å². The molecule has 0 aromatic carbocycles. The average molecular weight is 232 g/mol. The van der Waals surface area contributed by atoms with Crippen molar-refractivity contribution in [1.29, 1.82) is 0 Å². The minimum absolute atomic E-state index is 0.190. The first-order valence-electron chi connectivity index (χ1n) is 4.90. The third-order valence-electron chi connectivity index (χ3n) is 2.46. The summed E-state index contributed by atoms with van der Waals surface area (Å²) in [5.74, 6) is 0.381. The van der Waals surface area contributed by atoms with Gasteiger partial charge >= 0.3 is 12.0 Å². The highest BCUT2D eigenvalue weighted by atomic mass is 32.2. The largest absolute Gasteiger partial charge is 0.480 e. The van der Waals surface area contributed by atoms with Crippen molar-refractivity contribution in [3.8, 4) is 0 Å². The van der Waals surface area contributed by atoms with Crippen molar-refractivity contribution < 1.29 is 14.7 Å². The lowest BCUT2D eigenvalue weighted by Gasteiger charge is -2.35. The van der Waals surface area contributed by atoms with Crippen LogP contribution in [0.5, 0.6) is 0 Å². The summed E-state index contributed by atoms with van der Waals surface area (Å²) in [5, 5.41) is 8.99. The van der Waals surface area contributed by atoms with Crippen LogP contribution >= 0.6 is 11.8 Å². The fourth-order valence-electron chi connectivity index (χ4n) is 1.39. The lowest BCUT2D eigenvalue weighted by atomic mass is 10.3. The molecule has 5 nitrogen and oxygen atoms in total. The van der Waals surface area contributed by atoms with Crippen LogP contribution in [0.2, 0.25) is 0 Å². The molecule has 1 aliphatic heterocycles. The van der Waals surface area contributed by atoms with Gasteiger partial charge in [-0.3, -0.25) is 0 Å². The molecule has 6 heteroatoms. The fraction of sp³-hybridized carbons (Fsp3) is 0.778. The number of hydrogen-bond acceptors (Lipinski definition) is 3. The van der Waals surface area contributed by atoms with Crippen LogP contribution in [0.15, 0.2) is 0 Å². The number of urea groups is 1. The van der Waals surface area contributed by atoms with Crippen LogP contribution < -0.4 is 0 Å². The molecule has 1 fully saturated rings. The first-order chi connectivity index (χ1) is 7.07. The minimum atomic E-state index is -0.917. The molecule has 86 valence electrons. The molecule has 0 bridgehead atoms. The van der Waals surface area contributed by atoms with Gasteiger partial charge in [-0.2, -0.15) is 11.8 Å². The van der Waals surface area contributed by atoms with E-state index in [0.717, 1.165) is 5.75 Å². The molecule has 0 saturated carbocycles. The normalized spacial score (nSPS) is 21.2. The highest BCUT2D eigenvalue weighted by Gasteiger charge is 2.33. The van der Waals surface area contributed by atoms with E-state index in [-0.39, 0.29) is 6.03 Å². The van der Waals surface area contributed by atoms with Crippen molar-refractivity contribution in [2.24, 2.45) is 0 Å². The number of hydrogen-bond donors (Lipinski definition) is 1. The molecule has 1 atom stereocenters. The van der Waals surface area contributed by atoms with Gasteiger partial charge in [-0.05, 0) is 6.92 Å². The van der Waals surface area contributed by atoms with E-state index in [4.69, 9.17) is 5.11 Å². The first-order valence-corrected chi connectivity index (χ1v) is 6.05. The molecule has 0 aliphatic carbocycles. The summed E-state index contributed by atoms with van der Waals surface area (Å²) >= 11 is 1.58. The number of thioether (sulfide) groups is 1. The zero-order valence-corrected chi connectivity index (χ0v) is 9.79. The number of carboxylic acids is 1. The van der Waals surface area contributed by atoms with Gasteiger partial charge in [-0.15, -0.1) is 0 Å². The van der Waals surface area contributed by atoms with E-state index in [0.29, 0.717) is 18.8 Å². The lowest BCUT2D eigenvalue weighted by Crippen LogP contribution is -2.54. The summed E-state index contributed by atoms with van der Waals surface area (Å²) in [4.78, 5) is 25.8. The monoisotopic (exact) mass is 232 g/mol. The van der Waals surface area contributed by atoms with E-state index >= 15 is 0 Å². The Bertz CT molecular complexity index is 260. The maximum absolute atomic E-state index is 11.8. The molecule has 0 aromatic heterocycles. The van der Waals surface area contributed by atoms with Crippen molar-refractivity contribution >= 4 is 23.8 Å². The Morgan fingerprint density at radius 3 is 2.80 bits per heavy atom. The number of aliphatic carboxylic acids is 1. The molecule has 1 N–H and O–H groups in total. The molecule has 1 unspecified atom stereocenters. The first kappa shape index (κ1) is 12.2. The second-order valence-electron chi connectivity index (χ2n) is 3.42. The standard InChI is InChI=1S/C9H16N2O3S/c1-3-10(2)9(14)11-4-5-15-6-7(11)8(12)13/h7H,3-6H2,1-2H3,(H,12,13). The van der Waals surface area contributed by atoms with Crippen molar-refractivity contribution in [3.63, 3.8) is 0 Å². The highest BCUT2D eigenvalue weighted by Crippen LogP contribution is 2.17. The van der Waals surface area contributed by atoms with E-state index in [9.17, 15) is 9.59 Å². The Morgan fingerprint density at radius 1 is 1.60 bits per heavy atom. The third kappa shape index (κ3) is 2.77. The molecule has 2 amide bonds. The predicted octanol–water partition coefficient (Wildman–Crippen LogP) is 0.560. The Labute approximate surface area is 93.4 Å². The van der Waals surface area contributed by atoms with Crippen LogP contribution in [0, 0.1) is 0 Å². The van der Waals surface area contributed by atoms with Crippen molar-refractivity contribution in [3.05, 3.63) is 0 Å². The zero-order chi connectivity index (χ0) is 11.4.